The zero-order valence-electron chi connectivity index (χ0n) is 19.9. The molecule has 1 atom stereocenters. The van der Waals surface area contributed by atoms with Gasteiger partial charge in [0.1, 0.15) is 3.92 Å². The molecule has 0 aliphatic heterocycles. The predicted molar refractivity (Wildman–Crippen MR) is 139 cm³/mol. The predicted octanol–water partition coefficient (Wildman–Crippen LogP) is 8.93. The Morgan fingerprint density at radius 2 is 0.742 bits per heavy atom. The molecular formula is C26H49IO4. The Hall–Kier alpha value is -0.330. The summed E-state index contributed by atoms with van der Waals surface area (Å²) >= 11 is 2.03. The van der Waals surface area contributed by atoms with E-state index in [1.54, 1.807) is 0 Å². The van der Waals surface area contributed by atoms with Crippen LogP contribution in [0.25, 0.3) is 0 Å². The van der Waals surface area contributed by atoms with Crippen LogP contribution >= 0.6 is 22.6 Å². The molecule has 0 heterocycles. The lowest BCUT2D eigenvalue weighted by Gasteiger charge is -2.05. The first kappa shape index (κ1) is 30.7. The molecule has 184 valence electrons. The Labute approximate surface area is 205 Å². The number of unbranched alkanes of at least 4 members (excludes halogenated alkanes) is 20. The first-order chi connectivity index (χ1) is 15.0. The summed E-state index contributed by atoms with van der Waals surface area (Å²) in [7, 11) is 0. The van der Waals surface area contributed by atoms with Crippen molar-refractivity contribution in [2.24, 2.45) is 0 Å². The second-order valence-electron chi connectivity index (χ2n) is 9.16. The van der Waals surface area contributed by atoms with Crippen LogP contribution in [-0.4, -0.2) is 26.1 Å². The Morgan fingerprint density at radius 1 is 0.484 bits per heavy atom. The monoisotopic (exact) mass is 552 g/mol. The molecule has 0 aromatic rings. The van der Waals surface area contributed by atoms with E-state index in [1.807, 2.05) is 22.6 Å². The highest BCUT2D eigenvalue weighted by Crippen LogP contribution is 2.16. The number of carboxylic acid groups (broad SMARTS) is 2. The van der Waals surface area contributed by atoms with E-state index in [2.05, 4.69) is 0 Å². The molecule has 2 N–H and O–H groups in total. The van der Waals surface area contributed by atoms with Crippen LogP contribution < -0.4 is 0 Å². The van der Waals surface area contributed by atoms with Gasteiger partial charge in [-0.05, 0) is 12.8 Å². The maximum atomic E-state index is 10.7. The number of carboxylic acids is 2. The first-order valence-corrected chi connectivity index (χ1v) is 14.4. The summed E-state index contributed by atoms with van der Waals surface area (Å²) in [5.41, 5.74) is 0. The van der Waals surface area contributed by atoms with Crippen molar-refractivity contribution >= 4 is 34.5 Å². The summed E-state index contributed by atoms with van der Waals surface area (Å²) in [6.45, 7) is 0. The van der Waals surface area contributed by atoms with Gasteiger partial charge in [-0.25, -0.2) is 0 Å². The van der Waals surface area contributed by atoms with Crippen molar-refractivity contribution in [2.45, 2.75) is 152 Å². The molecule has 31 heavy (non-hydrogen) atoms. The third-order valence-corrected chi connectivity index (χ3v) is 7.27. The number of aliphatic carboxylic acids is 2. The fourth-order valence-electron chi connectivity index (χ4n) is 4.08. The van der Waals surface area contributed by atoms with Crippen LogP contribution in [0.3, 0.4) is 0 Å². The topological polar surface area (TPSA) is 74.6 Å². The van der Waals surface area contributed by atoms with Crippen molar-refractivity contribution in [1.29, 1.82) is 0 Å². The van der Waals surface area contributed by atoms with E-state index in [0.29, 0.717) is 6.42 Å². The van der Waals surface area contributed by atoms with Gasteiger partial charge in [0.25, 0.3) is 0 Å². The quantitative estimate of drug-likeness (QED) is 0.0674. The number of alkyl halides is 1. The lowest BCUT2D eigenvalue weighted by atomic mass is 10.0. The van der Waals surface area contributed by atoms with Gasteiger partial charge in [0.2, 0.25) is 0 Å². The fourth-order valence-corrected chi connectivity index (χ4v) is 4.52. The van der Waals surface area contributed by atoms with Crippen LogP contribution in [0.2, 0.25) is 0 Å². The van der Waals surface area contributed by atoms with E-state index < -0.39 is 11.9 Å². The van der Waals surface area contributed by atoms with Crippen LogP contribution in [-0.2, 0) is 9.59 Å². The molecule has 0 radical (unpaired) electrons. The van der Waals surface area contributed by atoms with E-state index in [-0.39, 0.29) is 3.92 Å². The van der Waals surface area contributed by atoms with Gasteiger partial charge in [0.15, 0.2) is 0 Å². The Morgan fingerprint density at radius 3 is 1.00 bits per heavy atom. The molecule has 0 rings (SSSR count). The third kappa shape index (κ3) is 25.8. The molecule has 0 aliphatic rings. The molecular weight excluding hydrogens is 503 g/mol. The fraction of sp³-hybridized carbons (Fsp3) is 0.923. The summed E-state index contributed by atoms with van der Waals surface area (Å²) in [6, 6.07) is 0. The molecule has 0 saturated heterocycles. The molecule has 0 amide bonds. The maximum Gasteiger partial charge on any atom is 0.316 e. The Balaban J connectivity index is 3.06. The Bertz CT molecular complexity index is 414. The normalized spacial score (nSPS) is 12.2. The van der Waals surface area contributed by atoms with Crippen LogP contribution in [0.5, 0.6) is 0 Å². The molecule has 0 spiro atoms. The summed E-state index contributed by atoms with van der Waals surface area (Å²) in [5, 5.41) is 17.4. The maximum absolute atomic E-state index is 10.7. The highest BCUT2D eigenvalue weighted by molar-refractivity contribution is 14.1. The molecule has 5 heteroatoms. The van der Waals surface area contributed by atoms with Gasteiger partial charge in [0, 0.05) is 6.42 Å². The molecule has 0 aromatic carbocycles. The van der Waals surface area contributed by atoms with Crippen molar-refractivity contribution in [1.82, 2.24) is 0 Å². The van der Waals surface area contributed by atoms with E-state index in [0.717, 1.165) is 25.7 Å². The number of rotatable bonds is 25. The number of hydrogen-bond donors (Lipinski definition) is 2. The molecule has 0 fully saturated rings. The van der Waals surface area contributed by atoms with Gasteiger partial charge in [-0.2, -0.15) is 0 Å². The molecule has 0 aromatic heterocycles. The molecule has 4 nitrogen and oxygen atoms in total. The van der Waals surface area contributed by atoms with Crippen LogP contribution in [0.4, 0.5) is 0 Å². The first-order valence-electron chi connectivity index (χ1n) is 13.1. The SMILES string of the molecule is O=C(O)CCCCCCCCCCCCCCCCCCCCCCCC(I)C(=O)O. The minimum atomic E-state index is -0.671. The molecule has 0 bridgehead atoms. The highest BCUT2D eigenvalue weighted by Gasteiger charge is 2.11. The average Bonchev–Trinajstić information content (AvgIpc) is 2.73. The summed E-state index contributed by atoms with van der Waals surface area (Å²) in [6.07, 6.45) is 28.2. The van der Waals surface area contributed by atoms with Crippen LogP contribution in [0.1, 0.15) is 148 Å². The van der Waals surface area contributed by atoms with Gasteiger partial charge < -0.3 is 10.2 Å². The second kappa shape index (κ2) is 24.3. The van der Waals surface area contributed by atoms with E-state index in [4.69, 9.17) is 10.2 Å². The van der Waals surface area contributed by atoms with Crippen LogP contribution in [0, 0.1) is 0 Å². The number of carbonyl (C=O) groups is 2. The zero-order valence-corrected chi connectivity index (χ0v) is 22.1. The third-order valence-electron chi connectivity index (χ3n) is 6.12. The minimum absolute atomic E-state index is 0.211. The van der Waals surface area contributed by atoms with Gasteiger partial charge in [-0.3, -0.25) is 9.59 Å². The van der Waals surface area contributed by atoms with Gasteiger partial charge >= 0.3 is 11.9 Å². The van der Waals surface area contributed by atoms with E-state index in [1.165, 1.54) is 116 Å². The molecule has 1 unspecified atom stereocenters. The smallest absolute Gasteiger partial charge is 0.316 e. The Kier molecular flexibility index (Phi) is 24.1. The van der Waals surface area contributed by atoms with Gasteiger partial charge in [-0.15, -0.1) is 0 Å². The average molecular weight is 553 g/mol. The van der Waals surface area contributed by atoms with E-state index >= 15 is 0 Å². The highest BCUT2D eigenvalue weighted by atomic mass is 127. The van der Waals surface area contributed by atoms with E-state index in [9.17, 15) is 9.59 Å². The zero-order chi connectivity index (χ0) is 23.0. The molecule has 0 aliphatic carbocycles. The van der Waals surface area contributed by atoms with Gasteiger partial charge in [0.05, 0.1) is 0 Å². The van der Waals surface area contributed by atoms with Gasteiger partial charge in [-0.1, -0.05) is 151 Å². The standard InChI is InChI=1S/C26H49IO4/c27-24(26(30)31)22-20-18-16-14-12-10-8-6-4-2-1-3-5-7-9-11-13-15-17-19-21-23-25(28)29/h24H,1-23H2,(H,28,29)(H,30,31). The summed E-state index contributed by atoms with van der Waals surface area (Å²) in [4.78, 5) is 21.2. The second-order valence-corrected chi connectivity index (χ2v) is 10.7. The minimum Gasteiger partial charge on any atom is -0.481 e. The lowest BCUT2D eigenvalue weighted by Crippen LogP contribution is -2.11. The molecule has 0 saturated carbocycles. The number of hydrogen-bond acceptors (Lipinski definition) is 2. The summed E-state index contributed by atoms with van der Waals surface area (Å²) < 4.78 is -0.211. The van der Waals surface area contributed by atoms with Crippen LogP contribution in [0.15, 0.2) is 0 Å². The van der Waals surface area contributed by atoms with Crippen molar-refractivity contribution in [3.8, 4) is 0 Å². The summed E-state index contributed by atoms with van der Waals surface area (Å²) in [5.74, 6) is -1.33. The van der Waals surface area contributed by atoms with Crippen molar-refractivity contribution in [3.05, 3.63) is 0 Å². The number of halogens is 1. The largest absolute Gasteiger partial charge is 0.481 e. The lowest BCUT2D eigenvalue weighted by molar-refractivity contribution is -0.137. The van der Waals surface area contributed by atoms with Crippen molar-refractivity contribution in [3.63, 3.8) is 0 Å². The van der Waals surface area contributed by atoms with Crippen molar-refractivity contribution < 1.29 is 19.8 Å². The van der Waals surface area contributed by atoms with Crippen molar-refractivity contribution in [2.75, 3.05) is 0 Å².